The van der Waals surface area contributed by atoms with Gasteiger partial charge >= 0.3 is 11.9 Å². The molecular formula is C60H93NO8. The molecule has 0 radical (unpaired) electrons. The minimum Gasteiger partial charge on any atom is -0.545 e. The third kappa shape index (κ3) is 50.9. The van der Waals surface area contributed by atoms with Gasteiger partial charge < -0.3 is 33.3 Å². The Morgan fingerprint density at radius 2 is 0.783 bits per heavy atom. The van der Waals surface area contributed by atoms with Crippen LogP contribution in [0.1, 0.15) is 155 Å². The van der Waals surface area contributed by atoms with Gasteiger partial charge in [0.15, 0.2) is 12.4 Å². The van der Waals surface area contributed by atoms with Gasteiger partial charge in [-0.15, -0.1) is 0 Å². The van der Waals surface area contributed by atoms with Gasteiger partial charge in [0.25, 0.3) is 0 Å². The quantitative estimate of drug-likeness (QED) is 0.0195. The van der Waals surface area contributed by atoms with Crippen LogP contribution in [0.2, 0.25) is 0 Å². The fourth-order valence-corrected chi connectivity index (χ4v) is 6.13. The van der Waals surface area contributed by atoms with Gasteiger partial charge in [0.2, 0.25) is 0 Å². The summed E-state index contributed by atoms with van der Waals surface area (Å²) in [6, 6.07) is 0. The summed E-state index contributed by atoms with van der Waals surface area (Å²) in [5.74, 6) is -2.40. The van der Waals surface area contributed by atoms with E-state index in [1.807, 2.05) is 21.1 Å². The molecule has 0 rings (SSSR count). The minimum absolute atomic E-state index is 0.127. The number of unbranched alkanes of at least 4 members (excludes halogenated alkanes) is 6. The summed E-state index contributed by atoms with van der Waals surface area (Å²) in [4.78, 5) is 37.1. The van der Waals surface area contributed by atoms with E-state index in [-0.39, 0.29) is 32.7 Å². The smallest absolute Gasteiger partial charge is 0.306 e. The molecule has 0 saturated carbocycles. The number of likely N-dealkylation sites (N-methyl/N-ethyl adjacent to an activating group) is 1. The maximum Gasteiger partial charge on any atom is 0.306 e. The lowest BCUT2D eigenvalue weighted by Crippen LogP contribution is -2.44. The van der Waals surface area contributed by atoms with Crippen LogP contribution >= 0.6 is 0 Å². The highest BCUT2D eigenvalue weighted by Gasteiger charge is 2.21. The van der Waals surface area contributed by atoms with Gasteiger partial charge in [0.1, 0.15) is 13.2 Å². The second-order valence-corrected chi connectivity index (χ2v) is 17.7. The van der Waals surface area contributed by atoms with E-state index in [0.29, 0.717) is 23.9 Å². The van der Waals surface area contributed by atoms with E-state index in [9.17, 15) is 19.5 Å². The predicted molar refractivity (Wildman–Crippen MR) is 287 cm³/mol. The number of rotatable bonds is 45. The third-order valence-electron chi connectivity index (χ3n) is 10.1. The predicted octanol–water partition coefficient (Wildman–Crippen LogP) is 13.6. The van der Waals surface area contributed by atoms with Crippen LogP contribution in [0.15, 0.2) is 146 Å². The Morgan fingerprint density at radius 3 is 1.13 bits per heavy atom. The highest BCUT2D eigenvalue weighted by molar-refractivity contribution is 5.70. The largest absolute Gasteiger partial charge is 0.545 e. The standard InChI is InChI=1S/C60H93NO8/c1-6-8-10-12-14-16-18-20-21-22-23-24-25-26-27-28-29-30-31-32-33-34-35-36-37-39-41-43-45-47-49-51-58(63)69-56(55-68-60(59(64)65)66-53-52-61(3,4)5)54-67-57(62)50-48-46-44-42-40-38-19-17-15-13-11-9-7-2/h8-11,14-17,20-21,23-24,26-27,29-30,32-33,35-36,38-41,56,60H,6-7,12-13,18-19,22,25,28,31,34,37,42-55H2,1-5H3/b10-8-,11-9-,16-14-,17-15-,21-20-,24-23-,27-26-,30-29-,33-32-,36-35-,40-38-,41-39-. The second-order valence-electron chi connectivity index (χ2n) is 17.7. The molecular weight excluding hydrogens is 863 g/mol. The molecule has 0 aromatic rings. The van der Waals surface area contributed by atoms with Crippen LogP contribution in [-0.2, 0) is 33.3 Å². The number of quaternary nitrogens is 1. The molecule has 0 aliphatic carbocycles. The van der Waals surface area contributed by atoms with E-state index < -0.39 is 30.3 Å². The first-order valence-electron chi connectivity index (χ1n) is 26.0. The Morgan fingerprint density at radius 1 is 0.435 bits per heavy atom. The third-order valence-corrected chi connectivity index (χ3v) is 10.1. The SMILES string of the molecule is CC/C=C\C/C=C\C/C=C\C/C=C\C/C=C\C/C=C\C/C=C\C/C=C\C/C=C\CCCCCC(=O)OC(COC(=O)CCCCC/C=C\C/C=C\C/C=C\CC)COC(OCC[N+](C)(C)C)C(=O)[O-]. The van der Waals surface area contributed by atoms with E-state index >= 15 is 0 Å². The average molecular weight is 956 g/mol. The van der Waals surface area contributed by atoms with Crippen molar-refractivity contribution in [1.82, 2.24) is 0 Å². The highest BCUT2D eigenvalue weighted by atomic mass is 16.7. The van der Waals surface area contributed by atoms with Crippen molar-refractivity contribution < 1.29 is 42.9 Å². The molecule has 69 heavy (non-hydrogen) atoms. The number of allylic oxidation sites excluding steroid dienone is 24. The maximum atomic E-state index is 12.8. The summed E-state index contributed by atoms with van der Waals surface area (Å²) < 4.78 is 22.5. The van der Waals surface area contributed by atoms with Crippen molar-refractivity contribution in [1.29, 1.82) is 0 Å². The molecule has 0 amide bonds. The topological polar surface area (TPSA) is 111 Å². The molecule has 2 unspecified atom stereocenters. The van der Waals surface area contributed by atoms with Gasteiger partial charge in [0, 0.05) is 12.8 Å². The van der Waals surface area contributed by atoms with Crippen molar-refractivity contribution >= 4 is 17.9 Å². The van der Waals surface area contributed by atoms with Crippen molar-refractivity contribution in [2.24, 2.45) is 0 Å². The lowest BCUT2D eigenvalue weighted by atomic mass is 10.1. The molecule has 0 fully saturated rings. The van der Waals surface area contributed by atoms with Crippen molar-refractivity contribution in [3.63, 3.8) is 0 Å². The Kier molecular flexibility index (Phi) is 46.1. The number of hydrogen-bond donors (Lipinski definition) is 0. The van der Waals surface area contributed by atoms with Crippen LogP contribution in [0, 0.1) is 0 Å². The van der Waals surface area contributed by atoms with Gasteiger partial charge in [-0.3, -0.25) is 9.59 Å². The van der Waals surface area contributed by atoms with Crippen LogP contribution < -0.4 is 5.11 Å². The monoisotopic (exact) mass is 956 g/mol. The molecule has 386 valence electrons. The molecule has 0 bridgehead atoms. The number of esters is 2. The van der Waals surface area contributed by atoms with Crippen LogP contribution in [0.3, 0.4) is 0 Å². The van der Waals surface area contributed by atoms with Crippen LogP contribution in [0.25, 0.3) is 0 Å². The van der Waals surface area contributed by atoms with Gasteiger partial charge in [0.05, 0.1) is 40.3 Å². The molecule has 0 aromatic heterocycles. The first-order valence-corrected chi connectivity index (χ1v) is 26.0. The van der Waals surface area contributed by atoms with Crippen LogP contribution in [0.4, 0.5) is 0 Å². The van der Waals surface area contributed by atoms with E-state index in [4.69, 9.17) is 18.9 Å². The van der Waals surface area contributed by atoms with Gasteiger partial charge in [-0.1, -0.05) is 173 Å². The first kappa shape index (κ1) is 64.2. The summed E-state index contributed by atoms with van der Waals surface area (Å²) in [6.07, 6.45) is 69.0. The molecule has 0 N–H and O–H groups in total. The Hall–Kier alpha value is -4.83. The summed E-state index contributed by atoms with van der Waals surface area (Å²) in [5, 5.41) is 11.7. The Balaban J connectivity index is 4.41. The van der Waals surface area contributed by atoms with Gasteiger partial charge in [-0.25, -0.2) is 0 Å². The molecule has 0 saturated heterocycles. The van der Waals surface area contributed by atoms with E-state index in [1.165, 1.54) is 0 Å². The van der Waals surface area contributed by atoms with Gasteiger partial charge in [-0.2, -0.15) is 0 Å². The molecule has 9 heteroatoms. The minimum atomic E-state index is -1.65. The molecule has 0 aliphatic heterocycles. The van der Waals surface area contributed by atoms with Crippen LogP contribution in [0.5, 0.6) is 0 Å². The Bertz CT molecular complexity index is 1630. The zero-order chi connectivity index (χ0) is 50.6. The van der Waals surface area contributed by atoms with Crippen molar-refractivity contribution in [2.45, 2.75) is 167 Å². The summed E-state index contributed by atoms with van der Waals surface area (Å²) in [6.45, 7) is 4.39. The second kappa shape index (κ2) is 49.6. The number of aliphatic carboxylic acids is 1. The number of hydrogen-bond acceptors (Lipinski definition) is 8. The number of ether oxygens (including phenoxy) is 4. The number of carbonyl (C=O) groups excluding carboxylic acids is 3. The molecule has 0 aromatic carbocycles. The first-order chi connectivity index (χ1) is 33.6. The molecule has 2 atom stereocenters. The molecule has 0 spiro atoms. The fraction of sp³-hybridized carbons (Fsp3) is 0.550. The Labute approximate surface area is 420 Å². The van der Waals surface area contributed by atoms with Crippen molar-refractivity contribution in [3.05, 3.63) is 146 Å². The molecule has 0 aliphatic rings. The summed E-state index contributed by atoms with van der Waals surface area (Å²) >= 11 is 0. The number of carboxylic acids is 1. The molecule has 0 heterocycles. The summed E-state index contributed by atoms with van der Waals surface area (Å²) in [7, 11) is 5.87. The lowest BCUT2D eigenvalue weighted by molar-refractivity contribution is -0.870. The number of nitrogens with zero attached hydrogens (tertiary/aromatic N) is 1. The summed E-state index contributed by atoms with van der Waals surface area (Å²) in [5.41, 5.74) is 0. The van der Waals surface area contributed by atoms with Crippen molar-refractivity contribution in [3.8, 4) is 0 Å². The van der Waals surface area contributed by atoms with E-state index in [1.54, 1.807) is 0 Å². The van der Waals surface area contributed by atoms with E-state index in [0.717, 1.165) is 116 Å². The molecule has 9 nitrogen and oxygen atoms in total. The van der Waals surface area contributed by atoms with Gasteiger partial charge in [-0.05, 0) is 116 Å². The normalized spacial score (nSPS) is 14.0. The van der Waals surface area contributed by atoms with E-state index in [2.05, 4.69) is 160 Å². The van der Waals surface area contributed by atoms with Crippen molar-refractivity contribution in [2.75, 3.05) is 47.5 Å². The number of carbonyl (C=O) groups is 3. The number of carboxylic acid groups (broad SMARTS) is 1. The fourth-order valence-electron chi connectivity index (χ4n) is 6.13. The lowest BCUT2D eigenvalue weighted by Gasteiger charge is -2.26. The average Bonchev–Trinajstić information content (AvgIpc) is 3.31. The van der Waals surface area contributed by atoms with Crippen LogP contribution in [-0.4, -0.2) is 82.3 Å². The zero-order valence-corrected chi connectivity index (χ0v) is 43.6. The zero-order valence-electron chi connectivity index (χ0n) is 43.6. The highest BCUT2D eigenvalue weighted by Crippen LogP contribution is 2.11. The maximum absolute atomic E-state index is 12.8.